The second-order valence-electron chi connectivity index (χ2n) is 15.1. The van der Waals surface area contributed by atoms with Crippen molar-refractivity contribution in [3.8, 4) is 33.6 Å². The highest BCUT2D eigenvalue weighted by molar-refractivity contribution is 6.02. The minimum atomic E-state index is -0.699. The molecule has 3 aliphatic rings. The van der Waals surface area contributed by atoms with Crippen molar-refractivity contribution in [2.45, 2.75) is 76.3 Å². The number of nitrogens with one attached hydrogen (secondary N) is 3. The van der Waals surface area contributed by atoms with E-state index >= 15 is 0 Å². The van der Waals surface area contributed by atoms with E-state index in [1.165, 1.54) is 12.0 Å². The van der Waals surface area contributed by atoms with E-state index in [1.807, 2.05) is 57.2 Å². The number of alkyl carbamates (subject to hydrolysis) is 1. The molecule has 3 aliphatic heterocycles. The topological polar surface area (TPSA) is 166 Å². The van der Waals surface area contributed by atoms with E-state index < -0.39 is 36.0 Å². The fourth-order valence-electron chi connectivity index (χ4n) is 7.77. The molecular formula is C41H43N7O6. The zero-order valence-corrected chi connectivity index (χ0v) is 30.6. The first-order valence-electron chi connectivity index (χ1n) is 18.2. The van der Waals surface area contributed by atoms with Gasteiger partial charge in [-0.3, -0.25) is 14.6 Å². The van der Waals surface area contributed by atoms with Gasteiger partial charge in [0.1, 0.15) is 23.3 Å². The zero-order valence-electron chi connectivity index (χ0n) is 30.6. The first-order valence-corrected chi connectivity index (χ1v) is 18.2. The Kier molecular flexibility index (Phi) is 8.97. The number of carbonyl (C=O) groups excluding carboxylic acids is 3. The highest BCUT2D eigenvalue weighted by Gasteiger charge is 2.43. The third-order valence-corrected chi connectivity index (χ3v) is 10.3. The molecule has 3 aromatic carbocycles. The molecule has 8 rings (SSSR count). The van der Waals surface area contributed by atoms with Crippen molar-refractivity contribution < 1.29 is 29.0 Å². The molecule has 0 aliphatic carbocycles. The van der Waals surface area contributed by atoms with Gasteiger partial charge in [0.2, 0.25) is 5.91 Å². The SMILES string of the molecule is COC(=O)N[C@H]1CCc2cccc3c2N(C1=O)[C@H](c1ncc(-c2ccc(-c4ccc(-c5cnc([C@@H]6C[C@H](O)CN6C(=O)OC(C)(C)C)[nH]5)cc4)cc2)[nH]1)C3. The number of hydrogen-bond donors (Lipinski definition) is 4. The minimum absolute atomic E-state index is 0.172. The van der Waals surface area contributed by atoms with Crippen LogP contribution < -0.4 is 10.2 Å². The van der Waals surface area contributed by atoms with E-state index in [0.717, 1.165) is 50.5 Å². The molecule has 13 nitrogen and oxygen atoms in total. The lowest BCUT2D eigenvalue weighted by atomic mass is 10.0. The summed E-state index contributed by atoms with van der Waals surface area (Å²) in [5.41, 5.74) is 8.08. The Bertz CT molecular complexity index is 2200. The highest BCUT2D eigenvalue weighted by atomic mass is 16.6. The Hall–Kier alpha value is -5.95. The van der Waals surface area contributed by atoms with Crippen LogP contribution in [0, 0.1) is 0 Å². The molecule has 4 atom stereocenters. The van der Waals surface area contributed by atoms with Crippen LogP contribution >= 0.6 is 0 Å². The predicted octanol–water partition coefficient (Wildman–Crippen LogP) is 6.48. The standard InChI is InChI=1S/C41H43N7O6/c1-41(2,3)54-40(52)47-22-29(49)19-33(47)36-42-20-31(44-36)25-12-8-23(9-13-25)24-10-14-26(15-11-24)32-21-43-37(45-32)34-18-28-7-5-6-27-16-17-30(46-39(51)53-4)38(50)48(34)35(27)28/h5-15,20-21,29-30,33-34,49H,16-19,22H2,1-4H3,(H,42,44)(H,43,45)(H,46,51)/t29-,30-,33-,34-/m0/s1. The fourth-order valence-corrected chi connectivity index (χ4v) is 7.77. The molecule has 2 aromatic heterocycles. The van der Waals surface area contributed by atoms with Gasteiger partial charge in [0.05, 0.1) is 61.3 Å². The van der Waals surface area contributed by atoms with Gasteiger partial charge in [-0.1, -0.05) is 66.7 Å². The lowest BCUT2D eigenvalue weighted by Crippen LogP contribution is -2.48. The number of para-hydroxylation sites is 1. The van der Waals surface area contributed by atoms with Gasteiger partial charge < -0.3 is 29.9 Å². The van der Waals surface area contributed by atoms with Crippen LogP contribution in [-0.2, 0) is 27.1 Å². The van der Waals surface area contributed by atoms with Gasteiger partial charge in [-0.2, -0.15) is 0 Å². The molecule has 5 aromatic rings. The monoisotopic (exact) mass is 729 g/mol. The Morgan fingerprint density at radius 1 is 0.852 bits per heavy atom. The summed E-state index contributed by atoms with van der Waals surface area (Å²) in [6, 6.07) is 21.1. The number of methoxy groups -OCH3 is 1. The summed E-state index contributed by atoms with van der Waals surface area (Å²) in [6.45, 7) is 5.65. The van der Waals surface area contributed by atoms with Crippen LogP contribution in [0.3, 0.4) is 0 Å². The molecule has 0 radical (unpaired) electrons. The molecule has 0 saturated carbocycles. The van der Waals surface area contributed by atoms with E-state index in [4.69, 9.17) is 14.5 Å². The maximum atomic E-state index is 13.9. The molecule has 4 N–H and O–H groups in total. The Morgan fingerprint density at radius 3 is 2.02 bits per heavy atom. The number of benzene rings is 3. The number of aromatic nitrogens is 4. The number of β-amino-alcohol motifs (C(OH)–C–C–N with tert-alkyl or cyclic N) is 1. The molecule has 278 valence electrons. The van der Waals surface area contributed by atoms with Gasteiger partial charge >= 0.3 is 12.2 Å². The quantitative estimate of drug-likeness (QED) is 0.154. The van der Waals surface area contributed by atoms with Crippen LogP contribution in [-0.4, -0.2) is 79.4 Å². The number of carbonyl (C=O) groups is 3. The van der Waals surface area contributed by atoms with Gasteiger partial charge in [0.15, 0.2) is 0 Å². The number of ether oxygens (including phenoxy) is 2. The van der Waals surface area contributed by atoms with Crippen LogP contribution in [0.25, 0.3) is 33.6 Å². The smallest absolute Gasteiger partial charge is 0.411 e. The number of aryl methyl sites for hydroxylation is 1. The Balaban J connectivity index is 0.965. The van der Waals surface area contributed by atoms with Crippen molar-refractivity contribution in [3.63, 3.8) is 0 Å². The van der Waals surface area contributed by atoms with Gasteiger partial charge in [0.25, 0.3) is 0 Å². The summed E-state index contributed by atoms with van der Waals surface area (Å²) in [6.07, 6.45) is 3.95. The summed E-state index contributed by atoms with van der Waals surface area (Å²) in [5.74, 6) is 1.12. The number of amides is 3. The number of likely N-dealkylation sites (tertiary alicyclic amines) is 1. The fraction of sp³-hybridized carbons (Fsp3) is 0.341. The number of aromatic amines is 2. The van der Waals surface area contributed by atoms with E-state index in [9.17, 15) is 19.5 Å². The largest absolute Gasteiger partial charge is 0.453 e. The Morgan fingerprint density at radius 2 is 1.43 bits per heavy atom. The molecule has 3 amide bonds. The number of nitrogens with zero attached hydrogens (tertiary/aromatic N) is 4. The van der Waals surface area contributed by atoms with Crippen LogP contribution in [0.2, 0.25) is 0 Å². The minimum Gasteiger partial charge on any atom is -0.453 e. The average Bonchev–Trinajstić information content (AvgIpc) is 3.97. The number of anilines is 1. The maximum Gasteiger partial charge on any atom is 0.411 e. The molecule has 0 unspecified atom stereocenters. The summed E-state index contributed by atoms with van der Waals surface area (Å²) in [4.78, 5) is 58.3. The number of hydrogen-bond acceptors (Lipinski definition) is 8. The molecule has 13 heteroatoms. The molecule has 5 heterocycles. The second-order valence-corrected chi connectivity index (χ2v) is 15.1. The lowest BCUT2D eigenvalue weighted by molar-refractivity contribution is -0.121. The third kappa shape index (κ3) is 6.71. The first kappa shape index (κ1) is 35.1. The van der Waals surface area contributed by atoms with Crippen molar-refractivity contribution in [2.24, 2.45) is 0 Å². The maximum absolute atomic E-state index is 13.9. The van der Waals surface area contributed by atoms with Crippen molar-refractivity contribution in [1.29, 1.82) is 0 Å². The van der Waals surface area contributed by atoms with Gasteiger partial charge in [-0.05, 0) is 67.0 Å². The van der Waals surface area contributed by atoms with Crippen LogP contribution in [0.4, 0.5) is 15.3 Å². The van der Waals surface area contributed by atoms with Gasteiger partial charge in [-0.25, -0.2) is 19.6 Å². The summed E-state index contributed by atoms with van der Waals surface area (Å²) >= 11 is 0. The first-order chi connectivity index (χ1) is 26.0. The van der Waals surface area contributed by atoms with Crippen molar-refractivity contribution in [2.75, 3.05) is 18.6 Å². The number of imidazole rings is 2. The van der Waals surface area contributed by atoms with Crippen molar-refractivity contribution in [1.82, 2.24) is 30.2 Å². The van der Waals surface area contributed by atoms with Crippen molar-refractivity contribution in [3.05, 3.63) is 102 Å². The second kappa shape index (κ2) is 13.8. The lowest BCUT2D eigenvalue weighted by Gasteiger charge is -2.27. The van der Waals surface area contributed by atoms with Crippen LogP contribution in [0.5, 0.6) is 0 Å². The Labute approximate surface area is 312 Å². The number of rotatable bonds is 6. The van der Waals surface area contributed by atoms with Gasteiger partial charge in [-0.15, -0.1) is 0 Å². The molecule has 0 bridgehead atoms. The van der Waals surface area contributed by atoms with E-state index in [1.54, 1.807) is 17.3 Å². The van der Waals surface area contributed by atoms with E-state index in [0.29, 0.717) is 37.3 Å². The number of aliphatic hydroxyl groups excluding tert-OH is 1. The van der Waals surface area contributed by atoms with Crippen LogP contribution in [0.15, 0.2) is 79.1 Å². The predicted molar refractivity (Wildman–Crippen MR) is 201 cm³/mol. The van der Waals surface area contributed by atoms with E-state index in [2.05, 4.69) is 50.6 Å². The highest BCUT2D eigenvalue weighted by Crippen LogP contribution is 2.44. The molecule has 1 fully saturated rings. The summed E-state index contributed by atoms with van der Waals surface area (Å²) in [7, 11) is 1.29. The van der Waals surface area contributed by atoms with Gasteiger partial charge in [0, 0.05) is 12.8 Å². The summed E-state index contributed by atoms with van der Waals surface area (Å²) < 4.78 is 10.4. The molecule has 0 spiro atoms. The van der Waals surface area contributed by atoms with Crippen LogP contribution in [0.1, 0.15) is 68.5 Å². The zero-order chi connectivity index (χ0) is 37.7. The number of H-pyrrole nitrogens is 2. The molecule has 1 saturated heterocycles. The molecule has 54 heavy (non-hydrogen) atoms. The normalized spacial score (nSPS) is 20.8. The van der Waals surface area contributed by atoms with Crippen molar-refractivity contribution >= 4 is 23.8 Å². The van der Waals surface area contributed by atoms with E-state index in [-0.39, 0.29) is 18.5 Å². The number of aliphatic hydroxyl groups is 1. The summed E-state index contributed by atoms with van der Waals surface area (Å²) in [5, 5.41) is 13.1. The third-order valence-electron chi connectivity index (χ3n) is 10.3. The molecular weight excluding hydrogens is 686 g/mol. The average molecular weight is 730 g/mol.